The molecule has 2 rings (SSSR count). The van der Waals surface area contributed by atoms with Crippen molar-refractivity contribution in [2.75, 3.05) is 6.16 Å². The van der Waals surface area contributed by atoms with Gasteiger partial charge in [-0.25, -0.2) is 0 Å². The Morgan fingerprint density at radius 3 is 2.38 bits per heavy atom. The summed E-state index contributed by atoms with van der Waals surface area (Å²) in [6.07, 6.45) is 7.75. The number of hydrogen-bond acceptors (Lipinski definition) is 0. The van der Waals surface area contributed by atoms with E-state index in [0.717, 1.165) is 17.5 Å². The van der Waals surface area contributed by atoms with Crippen LogP contribution in [-0.4, -0.2) is 11.8 Å². The summed E-state index contributed by atoms with van der Waals surface area (Å²) in [5, 5.41) is 0. The lowest BCUT2D eigenvalue weighted by molar-refractivity contribution is 0.463. The van der Waals surface area contributed by atoms with E-state index in [1.165, 1.54) is 14.7 Å². The summed E-state index contributed by atoms with van der Waals surface area (Å²) in [5.74, 6) is 2.29. The van der Waals surface area contributed by atoms with Gasteiger partial charge in [-0.2, -0.15) is 0 Å². The Labute approximate surface area is 84.7 Å². The van der Waals surface area contributed by atoms with E-state index in [0.29, 0.717) is 5.41 Å². The minimum Gasteiger partial charge on any atom is -0.118 e. The topological polar surface area (TPSA) is 0 Å². The average Bonchev–Trinajstić information content (AvgIpc) is 2.58. The Morgan fingerprint density at radius 2 is 1.92 bits per heavy atom. The van der Waals surface area contributed by atoms with E-state index in [1.807, 2.05) is 0 Å². The molecule has 76 valence electrons. The summed E-state index contributed by atoms with van der Waals surface area (Å²) in [6.45, 7) is 7.15. The van der Waals surface area contributed by atoms with Crippen LogP contribution < -0.4 is 0 Å². The monoisotopic (exact) mass is 198 g/mol. The normalized spacial score (nSPS) is 39.5. The standard InChI is InChI=1S/C12H23P/c1-12(2,3)8-13-11-7-9-4-5-10(11)6-9/h9-11,13H,4-8H2,1-3H3. The van der Waals surface area contributed by atoms with Gasteiger partial charge < -0.3 is 0 Å². The smallest absolute Gasteiger partial charge is 0.0205 e. The lowest BCUT2D eigenvalue weighted by Crippen LogP contribution is -2.16. The molecule has 0 aromatic carbocycles. The second-order valence-electron chi connectivity index (χ2n) is 6.22. The van der Waals surface area contributed by atoms with Gasteiger partial charge in [-0.05, 0) is 48.3 Å². The third-order valence-corrected chi connectivity index (χ3v) is 6.13. The van der Waals surface area contributed by atoms with Gasteiger partial charge in [0.05, 0.1) is 0 Å². The molecule has 2 aliphatic rings. The SMILES string of the molecule is CC(C)(C)CPC1CC2CCC1C2. The van der Waals surface area contributed by atoms with Gasteiger partial charge in [0.2, 0.25) is 0 Å². The van der Waals surface area contributed by atoms with Crippen molar-refractivity contribution in [3.8, 4) is 0 Å². The summed E-state index contributed by atoms with van der Waals surface area (Å²) >= 11 is 0. The summed E-state index contributed by atoms with van der Waals surface area (Å²) in [4.78, 5) is 0. The van der Waals surface area contributed by atoms with E-state index < -0.39 is 0 Å². The second kappa shape index (κ2) is 3.54. The molecule has 0 aromatic rings. The van der Waals surface area contributed by atoms with Crippen molar-refractivity contribution < 1.29 is 0 Å². The lowest BCUT2D eigenvalue weighted by Gasteiger charge is -2.26. The highest BCUT2D eigenvalue weighted by Crippen LogP contribution is 2.52. The Morgan fingerprint density at radius 1 is 1.15 bits per heavy atom. The molecular formula is C12H23P. The fourth-order valence-electron chi connectivity index (χ4n) is 2.93. The summed E-state index contributed by atoms with van der Waals surface area (Å²) in [7, 11) is 1.25. The molecule has 0 amide bonds. The Hall–Kier alpha value is 0.430. The van der Waals surface area contributed by atoms with Crippen LogP contribution in [0.3, 0.4) is 0 Å². The lowest BCUT2D eigenvalue weighted by atomic mass is 10.00. The van der Waals surface area contributed by atoms with Crippen molar-refractivity contribution in [2.45, 2.75) is 52.1 Å². The largest absolute Gasteiger partial charge is 0.118 e. The number of rotatable bonds is 2. The first kappa shape index (κ1) is 9.97. The van der Waals surface area contributed by atoms with Crippen LogP contribution in [0.4, 0.5) is 0 Å². The van der Waals surface area contributed by atoms with E-state index >= 15 is 0 Å². The Balaban J connectivity index is 1.78. The second-order valence-corrected chi connectivity index (χ2v) is 7.73. The van der Waals surface area contributed by atoms with Crippen molar-refractivity contribution in [1.29, 1.82) is 0 Å². The highest BCUT2D eigenvalue weighted by molar-refractivity contribution is 7.39. The summed E-state index contributed by atoms with van der Waals surface area (Å²) in [5.41, 5.74) is 1.71. The minimum atomic E-state index is 0.570. The zero-order chi connectivity index (χ0) is 9.47. The molecule has 0 saturated heterocycles. The van der Waals surface area contributed by atoms with Gasteiger partial charge in [-0.3, -0.25) is 0 Å². The fourth-order valence-corrected chi connectivity index (χ4v) is 4.94. The third-order valence-electron chi connectivity index (χ3n) is 3.63. The molecular weight excluding hydrogens is 175 g/mol. The highest BCUT2D eigenvalue weighted by atomic mass is 31.1. The first-order valence-corrected chi connectivity index (χ1v) is 7.06. The van der Waals surface area contributed by atoms with Crippen molar-refractivity contribution in [3.05, 3.63) is 0 Å². The Bertz CT molecular complexity index is 180. The molecule has 2 bridgehead atoms. The van der Waals surface area contributed by atoms with Gasteiger partial charge in [0, 0.05) is 0 Å². The number of hydrogen-bond donors (Lipinski definition) is 0. The van der Waals surface area contributed by atoms with E-state index in [-0.39, 0.29) is 0 Å². The van der Waals surface area contributed by atoms with E-state index in [9.17, 15) is 0 Å². The van der Waals surface area contributed by atoms with Crippen LogP contribution in [-0.2, 0) is 0 Å². The van der Waals surface area contributed by atoms with Crippen LogP contribution in [0.5, 0.6) is 0 Å². The molecule has 2 saturated carbocycles. The molecule has 4 atom stereocenters. The minimum absolute atomic E-state index is 0.570. The molecule has 0 N–H and O–H groups in total. The predicted octanol–water partition coefficient (Wildman–Crippen LogP) is 3.90. The van der Waals surface area contributed by atoms with Gasteiger partial charge in [0.15, 0.2) is 0 Å². The third kappa shape index (κ3) is 2.46. The van der Waals surface area contributed by atoms with E-state index in [1.54, 1.807) is 25.7 Å². The summed E-state index contributed by atoms with van der Waals surface area (Å²) in [6, 6.07) is 0. The number of fused-ring (bicyclic) bond motifs is 2. The summed E-state index contributed by atoms with van der Waals surface area (Å²) < 4.78 is 0. The molecule has 4 unspecified atom stereocenters. The zero-order valence-electron chi connectivity index (χ0n) is 9.27. The molecule has 0 spiro atoms. The maximum absolute atomic E-state index is 2.38. The van der Waals surface area contributed by atoms with Gasteiger partial charge in [0.1, 0.15) is 0 Å². The first-order chi connectivity index (χ1) is 6.04. The van der Waals surface area contributed by atoms with Crippen molar-refractivity contribution in [2.24, 2.45) is 17.3 Å². The molecule has 0 aromatic heterocycles. The maximum Gasteiger partial charge on any atom is -0.0205 e. The van der Waals surface area contributed by atoms with Crippen LogP contribution in [0.15, 0.2) is 0 Å². The predicted molar refractivity (Wildman–Crippen MR) is 61.9 cm³/mol. The highest BCUT2D eigenvalue weighted by Gasteiger charge is 2.39. The average molecular weight is 198 g/mol. The first-order valence-electron chi connectivity index (χ1n) is 5.78. The van der Waals surface area contributed by atoms with E-state index in [2.05, 4.69) is 20.8 Å². The van der Waals surface area contributed by atoms with Gasteiger partial charge in [-0.1, -0.05) is 27.2 Å². The van der Waals surface area contributed by atoms with Gasteiger partial charge in [-0.15, -0.1) is 8.58 Å². The maximum atomic E-state index is 2.38. The zero-order valence-corrected chi connectivity index (χ0v) is 10.3. The molecule has 1 heteroatoms. The molecule has 0 heterocycles. The fraction of sp³-hybridized carbons (Fsp3) is 1.00. The van der Waals surface area contributed by atoms with Crippen molar-refractivity contribution >= 4 is 8.58 Å². The van der Waals surface area contributed by atoms with Gasteiger partial charge >= 0.3 is 0 Å². The quantitative estimate of drug-likeness (QED) is 0.590. The van der Waals surface area contributed by atoms with Crippen molar-refractivity contribution in [3.63, 3.8) is 0 Å². The molecule has 2 aliphatic carbocycles. The molecule has 0 nitrogen and oxygen atoms in total. The van der Waals surface area contributed by atoms with Crippen molar-refractivity contribution in [1.82, 2.24) is 0 Å². The van der Waals surface area contributed by atoms with Crippen LogP contribution in [0.25, 0.3) is 0 Å². The molecule has 13 heavy (non-hydrogen) atoms. The molecule has 0 radical (unpaired) electrons. The van der Waals surface area contributed by atoms with Crippen LogP contribution in [0.2, 0.25) is 0 Å². The van der Waals surface area contributed by atoms with Crippen LogP contribution in [0.1, 0.15) is 46.5 Å². The van der Waals surface area contributed by atoms with E-state index in [4.69, 9.17) is 0 Å². The Kier molecular flexibility index (Phi) is 2.71. The van der Waals surface area contributed by atoms with Crippen LogP contribution >= 0.6 is 8.58 Å². The molecule has 2 fully saturated rings. The van der Waals surface area contributed by atoms with Gasteiger partial charge in [0.25, 0.3) is 0 Å². The molecule has 0 aliphatic heterocycles. The van der Waals surface area contributed by atoms with Crippen LogP contribution in [0, 0.1) is 17.3 Å².